The molecule has 1 aliphatic rings. The van der Waals surface area contributed by atoms with Gasteiger partial charge in [-0.15, -0.1) is 0 Å². The van der Waals surface area contributed by atoms with E-state index in [1.54, 1.807) is 18.7 Å². The first-order valence-electron chi connectivity index (χ1n) is 6.80. The number of ether oxygens (including phenoxy) is 1. The average Bonchev–Trinajstić information content (AvgIpc) is 2.62. The van der Waals surface area contributed by atoms with Crippen LogP contribution in [0.4, 0.5) is 5.82 Å². The van der Waals surface area contributed by atoms with Gasteiger partial charge in [-0.05, 0) is 13.0 Å². The summed E-state index contributed by atoms with van der Waals surface area (Å²) in [6.07, 6.45) is 0. The van der Waals surface area contributed by atoms with Gasteiger partial charge in [0.2, 0.25) is 0 Å². The molecule has 0 saturated carbocycles. The first-order valence-corrected chi connectivity index (χ1v) is 6.80. The Morgan fingerprint density at radius 1 is 1.38 bits per heavy atom. The van der Waals surface area contributed by atoms with Crippen molar-refractivity contribution in [3.8, 4) is 5.75 Å². The van der Waals surface area contributed by atoms with E-state index in [0.717, 1.165) is 11.3 Å². The van der Waals surface area contributed by atoms with E-state index in [-0.39, 0.29) is 5.56 Å². The van der Waals surface area contributed by atoms with Crippen LogP contribution < -0.4 is 9.64 Å². The summed E-state index contributed by atoms with van der Waals surface area (Å²) in [7, 11) is 1.77. The summed E-state index contributed by atoms with van der Waals surface area (Å²) in [5, 5.41) is 13.7. The van der Waals surface area contributed by atoms with E-state index in [9.17, 15) is 9.90 Å². The lowest BCUT2D eigenvalue weighted by Crippen LogP contribution is -2.28. The van der Waals surface area contributed by atoms with E-state index in [1.807, 2.05) is 29.2 Å². The first kappa shape index (κ1) is 13.5. The highest BCUT2D eigenvalue weighted by Gasteiger charge is 2.26. The zero-order valence-corrected chi connectivity index (χ0v) is 12.0. The smallest absolute Gasteiger partial charge is 0.341 e. The zero-order chi connectivity index (χ0) is 15.0. The van der Waals surface area contributed by atoms with Crippen molar-refractivity contribution in [2.45, 2.75) is 13.5 Å². The van der Waals surface area contributed by atoms with E-state index in [4.69, 9.17) is 4.74 Å². The van der Waals surface area contributed by atoms with Crippen LogP contribution in [0.25, 0.3) is 0 Å². The highest BCUT2D eigenvalue weighted by molar-refractivity contribution is 5.94. The third kappa shape index (κ3) is 2.33. The average molecular weight is 287 g/mol. The molecule has 6 heteroatoms. The maximum atomic E-state index is 11.5. The van der Waals surface area contributed by atoms with Crippen molar-refractivity contribution in [2.24, 2.45) is 7.05 Å². The predicted molar refractivity (Wildman–Crippen MR) is 77.9 cm³/mol. The van der Waals surface area contributed by atoms with Crippen molar-refractivity contribution in [3.63, 3.8) is 0 Å². The fourth-order valence-corrected chi connectivity index (χ4v) is 2.77. The second-order valence-electron chi connectivity index (χ2n) is 5.09. The third-order valence-electron chi connectivity index (χ3n) is 3.66. The largest absolute Gasteiger partial charge is 0.491 e. The van der Waals surface area contributed by atoms with Gasteiger partial charge in [0.15, 0.2) is 0 Å². The van der Waals surface area contributed by atoms with Crippen LogP contribution in [0.2, 0.25) is 0 Å². The molecule has 1 aromatic carbocycles. The summed E-state index contributed by atoms with van der Waals surface area (Å²) in [6.45, 7) is 3.46. The van der Waals surface area contributed by atoms with Gasteiger partial charge in [-0.2, -0.15) is 5.10 Å². The molecule has 2 aromatic rings. The number of fused-ring (bicyclic) bond motifs is 1. The molecule has 0 atom stereocenters. The van der Waals surface area contributed by atoms with Gasteiger partial charge in [0.05, 0.1) is 12.2 Å². The molecule has 0 amide bonds. The molecule has 0 radical (unpaired) electrons. The Hall–Kier alpha value is -2.50. The predicted octanol–water partition coefficient (Wildman–Crippen LogP) is 1.83. The van der Waals surface area contributed by atoms with Crippen molar-refractivity contribution in [1.29, 1.82) is 0 Å². The Morgan fingerprint density at radius 3 is 2.90 bits per heavy atom. The molecule has 0 unspecified atom stereocenters. The lowest BCUT2D eigenvalue weighted by molar-refractivity contribution is 0.0696. The van der Waals surface area contributed by atoms with E-state index >= 15 is 0 Å². The number of anilines is 1. The Bertz CT molecular complexity index is 693. The molecule has 1 aliphatic heterocycles. The van der Waals surface area contributed by atoms with Crippen LogP contribution >= 0.6 is 0 Å². The maximum absolute atomic E-state index is 11.5. The number of para-hydroxylation sites is 1. The number of hydrogen-bond donors (Lipinski definition) is 1. The second-order valence-corrected chi connectivity index (χ2v) is 5.09. The van der Waals surface area contributed by atoms with E-state index < -0.39 is 5.97 Å². The van der Waals surface area contributed by atoms with Crippen LogP contribution in [-0.4, -0.2) is 34.0 Å². The summed E-state index contributed by atoms with van der Waals surface area (Å²) in [6, 6.07) is 7.83. The standard InChI is InChI=1S/C15H17N3O3/c1-10-13(15(19)20)14(17(2)16-10)18-7-8-21-12-6-4-3-5-11(12)9-18/h3-6H,7-9H2,1-2H3,(H,19,20). The normalized spacial score (nSPS) is 14.3. The van der Waals surface area contributed by atoms with Crippen molar-refractivity contribution < 1.29 is 14.6 Å². The number of aromatic nitrogens is 2. The number of aryl methyl sites for hydroxylation is 2. The number of benzene rings is 1. The Kier molecular flexibility index (Phi) is 3.29. The van der Waals surface area contributed by atoms with Gasteiger partial charge in [0, 0.05) is 19.2 Å². The molecule has 0 fully saturated rings. The van der Waals surface area contributed by atoms with Gasteiger partial charge in [0.25, 0.3) is 0 Å². The molecule has 3 rings (SSSR count). The molecule has 1 N–H and O–H groups in total. The summed E-state index contributed by atoms with van der Waals surface area (Å²) in [5.74, 6) is 0.533. The summed E-state index contributed by atoms with van der Waals surface area (Å²) >= 11 is 0. The van der Waals surface area contributed by atoms with Gasteiger partial charge >= 0.3 is 5.97 Å². The third-order valence-corrected chi connectivity index (χ3v) is 3.66. The van der Waals surface area contributed by atoms with Crippen molar-refractivity contribution in [3.05, 3.63) is 41.1 Å². The molecule has 0 aliphatic carbocycles. The first-order chi connectivity index (χ1) is 10.1. The fourth-order valence-electron chi connectivity index (χ4n) is 2.77. The number of hydrogen-bond acceptors (Lipinski definition) is 4. The highest BCUT2D eigenvalue weighted by Crippen LogP contribution is 2.29. The summed E-state index contributed by atoms with van der Waals surface area (Å²) in [4.78, 5) is 13.5. The number of nitrogens with zero attached hydrogens (tertiary/aromatic N) is 3. The Morgan fingerprint density at radius 2 is 2.14 bits per heavy atom. The maximum Gasteiger partial charge on any atom is 0.341 e. The lowest BCUT2D eigenvalue weighted by Gasteiger charge is -2.22. The zero-order valence-electron chi connectivity index (χ0n) is 12.0. The minimum absolute atomic E-state index is 0.261. The quantitative estimate of drug-likeness (QED) is 0.912. The summed E-state index contributed by atoms with van der Waals surface area (Å²) < 4.78 is 7.36. The number of carboxylic acid groups (broad SMARTS) is 1. The molecular formula is C15H17N3O3. The minimum atomic E-state index is -0.950. The molecular weight excluding hydrogens is 270 g/mol. The molecule has 1 aromatic heterocycles. The van der Waals surface area contributed by atoms with E-state index in [0.29, 0.717) is 31.2 Å². The molecule has 21 heavy (non-hydrogen) atoms. The number of aromatic carboxylic acids is 1. The fraction of sp³-hybridized carbons (Fsp3) is 0.333. The number of carboxylic acids is 1. The second kappa shape index (κ2) is 5.12. The Balaban J connectivity index is 2.04. The monoisotopic (exact) mass is 287 g/mol. The van der Waals surface area contributed by atoms with Gasteiger partial charge in [0.1, 0.15) is 23.7 Å². The van der Waals surface area contributed by atoms with Gasteiger partial charge < -0.3 is 14.7 Å². The molecule has 110 valence electrons. The lowest BCUT2D eigenvalue weighted by atomic mass is 10.1. The van der Waals surface area contributed by atoms with Crippen LogP contribution in [0.1, 0.15) is 21.6 Å². The number of carbonyl (C=O) groups is 1. The summed E-state index contributed by atoms with van der Waals surface area (Å²) in [5.41, 5.74) is 1.83. The molecule has 0 saturated heterocycles. The molecule has 2 heterocycles. The van der Waals surface area contributed by atoms with Crippen LogP contribution in [0.3, 0.4) is 0 Å². The van der Waals surface area contributed by atoms with Crippen molar-refractivity contribution in [2.75, 3.05) is 18.1 Å². The van der Waals surface area contributed by atoms with Crippen LogP contribution in [0, 0.1) is 6.92 Å². The van der Waals surface area contributed by atoms with Crippen molar-refractivity contribution in [1.82, 2.24) is 9.78 Å². The van der Waals surface area contributed by atoms with E-state index in [1.165, 1.54) is 0 Å². The van der Waals surface area contributed by atoms with Gasteiger partial charge in [-0.25, -0.2) is 4.79 Å². The van der Waals surface area contributed by atoms with Gasteiger partial charge in [-0.3, -0.25) is 4.68 Å². The highest BCUT2D eigenvalue weighted by atomic mass is 16.5. The van der Waals surface area contributed by atoms with Crippen LogP contribution in [-0.2, 0) is 13.6 Å². The van der Waals surface area contributed by atoms with Crippen LogP contribution in [0.15, 0.2) is 24.3 Å². The molecule has 0 spiro atoms. The molecule has 0 bridgehead atoms. The van der Waals surface area contributed by atoms with Crippen LogP contribution in [0.5, 0.6) is 5.75 Å². The topological polar surface area (TPSA) is 67.6 Å². The Labute approximate surface area is 122 Å². The van der Waals surface area contributed by atoms with Crippen molar-refractivity contribution >= 4 is 11.8 Å². The van der Waals surface area contributed by atoms with Gasteiger partial charge in [-0.1, -0.05) is 18.2 Å². The minimum Gasteiger partial charge on any atom is -0.491 e. The SMILES string of the molecule is Cc1nn(C)c(N2CCOc3ccccc3C2)c1C(=O)O. The number of rotatable bonds is 2. The van der Waals surface area contributed by atoms with E-state index in [2.05, 4.69) is 5.10 Å². The molecule has 6 nitrogen and oxygen atoms in total.